The molecule has 0 bridgehead atoms. The molecule has 0 saturated carbocycles. The van der Waals surface area contributed by atoms with Crippen molar-refractivity contribution in [3.8, 4) is 0 Å². The number of rotatable bonds is 5. The number of hydrogen-bond donors (Lipinski definition) is 1. The summed E-state index contributed by atoms with van der Waals surface area (Å²) in [7, 11) is 1.18. The zero-order valence-electron chi connectivity index (χ0n) is 9.18. The first-order valence-corrected chi connectivity index (χ1v) is 5.06. The summed E-state index contributed by atoms with van der Waals surface area (Å²) >= 11 is 0. The molecule has 88 valence electrons. The SMILES string of the molecule is COC(=O)C(=O)NCCCCn1ccnc1. The fourth-order valence-electron chi connectivity index (χ4n) is 1.21. The summed E-state index contributed by atoms with van der Waals surface area (Å²) in [5, 5.41) is 2.48. The monoisotopic (exact) mass is 225 g/mol. The molecule has 1 amide bonds. The van der Waals surface area contributed by atoms with Gasteiger partial charge in [0, 0.05) is 25.5 Å². The van der Waals surface area contributed by atoms with Gasteiger partial charge in [-0.3, -0.25) is 4.79 Å². The molecule has 0 fully saturated rings. The van der Waals surface area contributed by atoms with Gasteiger partial charge in [-0.05, 0) is 12.8 Å². The van der Waals surface area contributed by atoms with Gasteiger partial charge in [0.15, 0.2) is 0 Å². The topological polar surface area (TPSA) is 73.2 Å². The van der Waals surface area contributed by atoms with Crippen molar-refractivity contribution < 1.29 is 14.3 Å². The molecule has 1 N–H and O–H groups in total. The van der Waals surface area contributed by atoms with E-state index in [4.69, 9.17) is 0 Å². The molecule has 0 aromatic carbocycles. The molecule has 0 saturated heterocycles. The first-order chi connectivity index (χ1) is 7.74. The van der Waals surface area contributed by atoms with Crippen molar-refractivity contribution in [2.24, 2.45) is 0 Å². The maximum atomic E-state index is 11.0. The highest BCUT2D eigenvalue weighted by Crippen LogP contribution is 1.93. The number of unbranched alkanes of at least 4 members (excludes halogenated alkanes) is 1. The lowest BCUT2D eigenvalue weighted by Gasteiger charge is -2.04. The molecule has 0 radical (unpaired) electrons. The van der Waals surface area contributed by atoms with Crippen molar-refractivity contribution in [1.29, 1.82) is 0 Å². The molecule has 1 aromatic rings. The van der Waals surface area contributed by atoms with Gasteiger partial charge in [-0.2, -0.15) is 0 Å². The Kier molecular flexibility index (Phi) is 5.04. The summed E-state index contributed by atoms with van der Waals surface area (Å²) in [5.74, 6) is -1.54. The Balaban J connectivity index is 2.04. The Morgan fingerprint density at radius 1 is 1.44 bits per heavy atom. The van der Waals surface area contributed by atoms with Crippen molar-refractivity contribution in [3.63, 3.8) is 0 Å². The minimum atomic E-state index is -0.852. The molecule has 1 rings (SSSR count). The Morgan fingerprint density at radius 3 is 2.88 bits per heavy atom. The first-order valence-electron chi connectivity index (χ1n) is 5.06. The van der Waals surface area contributed by atoms with Crippen LogP contribution in [-0.2, 0) is 20.9 Å². The number of nitrogens with zero attached hydrogens (tertiary/aromatic N) is 2. The third kappa shape index (κ3) is 4.12. The van der Waals surface area contributed by atoms with Crippen LogP contribution in [-0.4, -0.2) is 35.1 Å². The number of ether oxygens (including phenoxy) is 1. The van der Waals surface area contributed by atoms with Crippen molar-refractivity contribution in [3.05, 3.63) is 18.7 Å². The number of imidazole rings is 1. The van der Waals surface area contributed by atoms with Gasteiger partial charge in [-0.25, -0.2) is 9.78 Å². The van der Waals surface area contributed by atoms with Crippen LogP contribution < -0.4 is 5.32 Å². The molecule has 1 aromatic heterocycles. The summed E-state index contributed by atoms with van der Waals surface area (Å²) in [6.45, 7) is 1.33. The Labute approximate surface area is 93.6 Å². The van der Waals surface area contributed by atoms with Crippen molar-refractivity contribution in [1.82, 2.24) is 14.9 Å². The predicted molar refractivity (Wildman–Crippen MR) is 56.5 cm³/mol. The first kappa shape index (κ1) is 12.2. The molecule has 0 unspecified atom stereocenters. The molecule has 0 spiro atoms. The van der Waals surface area contributed by atoms with Gasteiger partial charge in [-0.15, -0.1) is 0 Å². The summed E-state index contributed by atoms with van der Waals surface area (Å²) in [5.41, 5.74) is 0. The van der Waals surface area contributed by atoms with E-state index in [0.29, 0.717) is 6.54 Å². The third-order valence-corrected chi connectivity index (χ3v) is 2.06. The lowest BCUT2D eigenvalue weighted by atomic mass is 10.3. The third-order valence-electron chi connectivity index (χ3n) is 2.06. The number of nitrogens with one attached hydrogen (secondary N) is 1. The van der Waals surface area contributed by atoms with Crippen LogP contribution in [0.4, 0.5) is 0 Å². The molecular formula is C10H15N3O3. The number of carbonyl (C=O) groups is 2. The van der Waals surface area contributed by atoms with Gasteiger partial charge in [0.2, 0.25) is 0 Å². The average Bonchev–Trinajstić information content (AvgIpc) is 2.80. The standard InChI is InChI=1S/C10H15N3O3/c1-16-10(15)9(14)12-4-2-3-6-13-7-5-11-8-13/h5,7-8H,2-4,6H2,1H3,(H,12,14). The number of carbonyl (C=O) groups excluding carboxylic acids is 2. The van der Waals surface area contributed by atoms with Crippen LogP contribution >= 0.6 is 0 Å². The molecular weight excluding hydrogens is 210 g/mol. The summed E-state index contributed by atoms with van der Waals surface area (Å²) in [4.78, 5) is 25.6. The zero-order valence-corrected chi connectivity index (χ0v) is 9.18. The number of aromatic nitrogens is 2. The van der Waals surface area contributed by atoms with Gasteiger partial charge in [-0.1, -0.05) is 0 Å². The Hall–Kier alpha value is -1.85. The largest absolute Gasteiger partial charge is 0.462 e. The van der Waals surface area contributed by atoms with Gasteiger partial charge in [0.25, 0.3) is 0 Å². The van der Waals surface area contributed by atoms with Crippen LogP contribution in [0, 0.1) is 0 Å². The predicted octanol–water partition coefficient (Wildman–Crippen LogP) is -0.0475. The van der Waals surface area contributed by atoms with E-state index in [1.165, 1.54) is 7.11 Å². The molecule has 1 heterocycles. The van der Waals surface area contributed by atoms with Crippen LogP contribution in [0.15, 0.2) is 18.7 Å². The molecule has 0 aliphatic carbocycles. The van der Waals surface area contributed by atoms with E-state index < -0.39 is 11.9 Å². The van der Waals surface area contributed by atoms with E-state index in [1.807, 2.05) is 10.8 Å². The molecule has 16 heavy (non-hydrogen) atoms. The molecule has 6 nitrogen and oxygen atoms in total. The van der Waals surface area contributed by atoms with Gasteiger partial charge >= 0.3 is 11.9 Å². The maximum Gasteiger partial charge on any atom is 0.396 e. The fourth-order valence-corrected chi connectivity index (χ4v) is 1.21. The van der Waals surface area contributed by atoms with E-state index in [0.717, 1.165) is 19.4 Å². The minimum absolute atomic E-state index is 0.475. The van der Waals surface area contributed by atoms with E-state index in [1.54, 1.807) is 12.5 Å². The van der Waals surface area contributed by atoms with Crippen LogP contribution in [0.25, 0.3) is 0 Å². The lowest BCUT2D eigenvalue weighted by molar-refractivity contribution is -0.152. The second-order valence-corrected chi connectivity index (χ2v) is 3.26. The van der Waals surface area contributed by atoms with Gasteiger partial charge in [0.05, 0.1) is 13.4 Å². The Bertz CT molecular complexity index is 335. The van der Waals surface area contributed by atoms with Gasteiger partial charge in [0.1, 0.15) is 0 Å². The normalized spacial score (nSPS) is 9.81. The average molecular weight is 225 g/mol. The quantitative estimate of drug-likeness (QED) is 0.433. The second-order valence-electron chi connectivity index (χ2n) is 3.26. The van der Waals surface area contributed by atoms with Crippen molar-refractivity contribution in [2.45, 2.75) is 19.4 Å². The minimum Gasteiger partial charge on any atom is -0.462 e. The summed E-state index contributed by atoms with van der Waals surface area (Å²) in [6, 6.07) is 0. The highest BCUT2D eigenvalue weighted by atomic mass is 16.5. The van der Waals surface area contributed by atoms with E-state index in [2.05, 4.69) is 15.0 Å². The van der Waals surface area contributed by atoms with Crippen molar-refractivity contribution >= 4 is 11.9 Å². The number of aryl methyl sites for hydroxylation is 1. The highest BCUT2D eigenvalue weighted by molar-refractivity contribution is 6.32. The van der Waals surface area contributed by atoms with Crippen LogP contribution in [0.2, 0.25) is 0 Å². The van der Waals surface area contributed by atoms with Gasteiger partial charge < -0.3 is 14.6 Å². The summed E-state index contributed by atoms with van der Waals surface area (Å²) in [6.07, 6.45) is 7.07. The number of hydrogen-bond acceptors (Lipinski definition) is 4. The van der Waals surface area contributed by atoms with Crippen LogP contribution in [0.3, 0.4) is 0 Å². The fraction of sp³-hybridized carbons (Fsp3) is 0.500. The molecule has 0 atom stereocenters. The number of methoxy groups -OCH3 is 1. The Morgan fingerprint density at radius 2 is 2.25 bits per heavy atom. The summed E-state index contributed by atoms with van der Waals surface area (Å²) < 4.78 is 6.23. The molecule has 0 aliphatic rings. The maximum absolute atomic E-state index is 11.0. The molecule has 0 aliphatic heterocycles. The number of esters is 1. The number of amides is 1. The molecule has 6 heteroatoms. The van der Waals surface area contributed by atoms with Crippen LogP contribution in [0.5, 0.6) is 0 Å². The zero-order chi connectivity index (χ0) is 11.8. The smallest absolute Gasteiger partial charge is 0.396 e. The second kappa shape index (κ2) is 6.60. The van der Waals surface area contributed by atoms with E-state index >= 15 is 0 Å². The van der Waals surface area contributed by atoms with Crippen molar-refractivity contribution in [2.75, 3.05) is 13.7 Å². The lowest BCUT2D eigenvalue weighted by Crippen LogP contribution is -2.32. The highest BCUT2D eigenvalue weighted by Gasteiger charge is 2.11. The van der Waals surface area contributed by atoms with E-state index in [-0.39, 0.29) is 0 Å². The van der Waals surface area contributed by atoms with Crippen LogP contribution in [0.1, 0.15) is 12.8 Å². The van der Waals surface area contributed by atoms with E-state index in [9.17, 15) is 9.59 Å².